The maximum Gasteiger partial charge on any atom is 0.282 e. The fourth-order valence-electron chi connectivity index (χ4n) is 1.99. The summed E-state index contributed by atoms with van der Waals surface area (Å²) in [7, 11) is -3.38. The Morgan fingerprint density at radius 2 is 1.72 bits per heavy atom. The van der Waals surface area contributed by atoms with E-state index in [-0.39, 0.29) is 18.5 Å². The smallest absolute Gasteiger partial charge is 0.282 e. The van der Waals surface area contributed by atoms with Crippen molar-refractivity contribution in [2.24, 2.45) is 5.73 Å². The molecule has 0 spiro atoms. The first-order chi connectivity index (χ1) is 8.14. The van der Waals surface area contributed by atoms with Crippen LogP contribution in [0.4, 0.5) is 0 Å². The molecule has 1 unspecified atom stereocenters. The molecular formula is C9H20ClN3O4S. The van der Waals surface area contributed by atoms with Gasteiger partial charge in [-0.2, -0.15) is 17.0 Å². The van der Waals surface area contributed by atoms with Gasteiger partial charge in [-0.05, 0) is 0 Å². The highest BCUT2D eigenvalue weighted by Crippen LogP contribution is 2.14. The molecule has 0 aromatic heterocycles. The highest BCUT2D eigenvalue weighted by molar-refractivity contribution is 7.86. The molecule has 2 saturated heterocycles. The number of morpholine rings is 2. The van der Waals surface area contributed by atoms with Crippen molar-refractivity contribution < 1.29 is 17.9 Å². The highest BCUT2D eigenvalue weighted by atomic mass is 35.5. The van der Waals surface area contributed by atoms with E-state index in [4.69, 9.17) is 15.2 Å². The molecule has 2 heterocycles. The number of hydrogen-bond acceptors (Lipinski definition) is 5. The normalized spacial score (nSPS) is 27.7. The average Bonchev–Trinajstić information content (AvgIpc) is 2.40. The molecule has 0 bridgehead atoms. The molecule has 0 amide bonds. The van der Waals surface area contributed by atoms with Crippen molar-refractivity contribution in [2.45, 2.75) is 6.10 Å². The topological polar surface area (TPSA) is 85.1 Å². The minimum absolute atomic E-state index is 0. The number of nitrogens with zero attached hydrogens (tertiary/aromatic N) is 2. The van der Waals surface area contributed by atoms with Crippen molar-refractivity contribution in [1.29, 1.82) is 0 Å². The minimum Gasteiger partial charge on any atom is -0.379 e. The quantitative estimate of drug-likeness (QED) is 0.696. The van der Waals surface area contributed by atoms with Crippen molar-refractivity contribution in [3.8, 4) is 0 Å². The van der Waals surface area contributed by atoms with E-state index in [1.807, 2.05) is 0 Å². The van der Waals surface area contributed by atoms with Crippen molar-refractivity contribution in [2.75, 3.05) is 52.5 Å². The summed E-state index contributed by atoms with van der Waals surface area (Å²) in [4.78, 5) is 0. The molecule has 0 saturated carbocycles. The van der Waals surface area contributed by atoms with E-state index in [1.165, 1.54) is 8.61 Å². The maximum absolute atomic E-state index is 12.3. The van der Waals surface area contributed by atoms with Gasteiger partial charge in [0.2, 0.25) is 0 Å². The third-order valence-corrected chi connectivity index (χ3v) is 4.99. The molecule has 7 nitrogen and oxygen atoms in total. The number of ether oxygens (including phenoxy) is 2. The van der Waals surface area contributed by atoms with Gasteiger partial charge in [0.15, 0.2) is 0 Å². The molecule has 0 aliphatic carbocycles. The largest absolute Gasteiger partial charge is 0.379 e. The van der Waals surface area contributed by atoms with Gasteiger partial charge < -0.3 is 15.2 Å². The molecule has 0 radical (unpaired) electrons. The van der Waals surface area contributed by atoms with Crippen LogP contribution in [0.2, 0.25) is 0 Å². The highest BCUT2D eigenvalue weighted by Gasteiger charge is 2.34. The average molecular weight is 302 g/mol. The molecule has 0 aromatic carbocycles. The third kappa shape index (κ3) is 3.53. The molecule has 18 heavy (non-hydrogen) atoms. The molecule has 2 fully saturated rings. The number of nitrogens with two attached hydrogens (primary N) is 1. The summed E-state index contributed by atoms with van der Waals surface area (Å²) in [5, 5.41) is 0. The fourth-order valence-corrected chi connectivity index (χ4v) is 3.58. The van der Waals surface area contributed by atoms with Crippen LogP contribution in [0.3, 0.4) is 0 Å². The van der Waals surface area contributed by atoms with Crippen LogP contribution >= 0.6 is 12.4 Å². The predicted octanol–water partition coefficient (Wildman–Crippen LogP) is -1.36. The summed E-state index contributed by atoms with van der Waals surface area (Å²) in [6.45, 7) is 3.26. The Morgan fingerprint density at radius 1 is 1.11 bits per heavy atom. The van der Waals surface area contributed by atoms with Crippen LogP contribution in [0.15, 0.2) is 0 Å². The van der Waals surface area contributed by atoms with E-state index < -0.39 is 10.2 Å². The van der Waals surface area contributed by atoms with E-state index >= 15 is 0 Å². The Labute approximate surface area is 114 Å². The summed E-state index contributed by atoms with van der Waals surface area (Å²) >= 11 is 0. The molecule has 9 heteroatoms. The van der Waals surface area contributed by atoms with Gasteiger partial charge in [-0.1, -0.05) is 0 Å². The summed E-state index contributed by atoms with van der Waals surface area (Å²) in [6, 6.07) is 0. The molecule has 2 aliphatic rings. The van der Waals surface area contributed by atoms with Crippen LogP contribution in [0.1, 0.15) is 0 Å². The summed E-state index contributed by atoms with van der Waals surface area (Å²) in [5.74, 6) is 0. The zero-order chi connectivity index (χ0) is 12.3. The fraction of sp³-hybridized carbons (Fsp3) is 1.00. The second-order valence-electron chi connectivity index (χ2n) is 4.11. The Bertz CT molecular complexity index is 348. The molecule has 2 rings (SSSR count). The predicted molar refractivity (Wildman–Crippen MR) is 68.9 cm³/mol. The molecule has 2 aliphatic heterocycles. The summed E-state index contributed by atoms with van der Waals surface area (Å²) in [6.07, 6.45) is -0.195. The van der Waals surface area contributed by atoms with Gasteiger partial charge in [0.05, 0.1) is 25.9 Å². The zero-order valence-corrected chi connectivity index (χ0v) is 11.8. The maximum atomic E-state index is 12.3. The third-order valence-electron chi connectivity index (χ3n) is 2.99. The first-order valence-corrected chi connectivity index (χ1v) is 7.19. The Hall–Kier alpha value is 0.0400. The van der Waals surface area contributed by atoms with Crippen molar-refractivity contribution in [1.82, 2.24) is 8.61 Å². The Morgan fingerprint density at radius 3 is 2.33 bits per heavy atom. The lowest BCUT2D eigenvalue weighted by atomic mass is 10.3. The second kappa shape index (κ2) is 6.99. The van der Waals surface area contributed by atoms with E-state index in [2.05, 4.69) is 0 Å². The van der Waals surface area contributed by atoms with E-state index in [0.29, 0.717) is 52.5 Å². The number of rotatable bonds is 3. The molecule has 1 atom stereocenters. The lowest BCUT2D eigenvalue weighted by molar-refractivity contribution is 0.000570. The van der Waals surface area contributed by atoms with Gasteiger partial charge >= 0.3 is 0 Å². The zero-order valence-electron chi connectivity index (χ0n) is 10.2. The molecule has 0 aromatic rings. The molecular weight excluding hydrogens is 282 g/mol. The Kier molecular flexibility index (Phi) is 6.25. The van der Waals surface area contributed by atoms with E-state index in [9.17, 15) is 8.42 Å². The van der Waals surface area contributed by atoms with Gasteiger partial charge in [-0.3, -0.25) is 0 Å². The van der Waals surface area contributed by atoms with E-state index in [0.717, 1.165) is 0 Å². The van der Waals surface area contributed by atoms with Crippen molar-refractivity contribution >= 4 is 22.6 Å². The van der Waals surface area contributed by atoms with Crippen molar-refractivity contribution in [3.63, 3.8) is 0 Å². The van der Waals surface area contributed by atoms with Crippen LogP contribution in [0, 0.1) is 0 Å². The standard InChI is InChI=1S/C9H19N3O4S.ClH/c10-7-9-8-12(3-6-16-9)17(13,14)11-1-4-15-5-2-11;/h9H,1-8,10H2;1H. The molecule has 108 valence electrons. The van der Waals surface area contributed by atoms with Crippen LogP contribution in [-0.2, 0) is 19.7 Å². The first-order valence-electron chi connectivity index (χ1n) is 5.79. The number of halogens is 1. The monoisotopic (exact) mass is 301 g/mol. The van der Waals surface area contributed by atoms with Gasteiger partial charge in [0.25, 0.3) is 10.2 Å². The summed E-state index contributed by atoms with van der Waals surface area (Å²) in [5.41, 5.74) is 5.51. The van der Waals surface area contributed by atoms with Gasteiger partial charge in [-0.25, -0.2) is 0 Å². The minimum atomic E-state index is -3.38. The number of hydrogen-bond donors (Lipinski definition) is 1. The molecule has 2 N–H and O–H groups in total. The van der Waals surface area contributed by atoms with Crippen LogP contribution < -0.4 is 5.73 Å². The lowest BCUT2D eigenvalue weighted by Gasteiger charge is -2.36. The lowest BCUT2D eigenvalue weighted by Crippen LogP contribution is -2.54. The SMILES string of the molecule is Cl.NCC1CN(S(=O)(=O)N2CCOCC2)CCO1. The first kappa shape index (κ1) is 16.1. The van der Waals surface area contributed by atoms with Gasteiger partial charge in [0, 0.05) is 32.7 Å². The van der Waals surface area contributed by atoms with Crippen LogP contribution in [0.5, 0.6) is 0 Å². The van der Waals surface area contributed by atoms with Gasteiger partial charge in [0.1, 0.15) is 0 Å². The van der Waals surface area contributed by atoms with E-state index in [1.54, 1.807) is 0 Å². The summed E-state index contributed by atoms with van der Waals surface area (Å²) < 4.78 is 38.1. The second-order valence-corrected chi connectivity index (χ2v) is 6.03. The van der Waals surface area contributed by atoms with Gasteiger partial charge in [-0.15, -0.1) is 12.4 Å². The van der Waals surface area contributed by atoms with Crippen molar-refractivity contribution in [3.05, 3.63) is 0 Å². The van der Waals surface area contributed by atoms with Crippen LogP contribution in [0.25, 0.3) is 0 Å². The Balaban J connectivity index is 0.00000162. The van der Waals surface area contributed by atoms with Crippen LogP contribution in [-0.4, -0.2) is 75.7 Å².